The van der Waals surface area contributed by atoms with Crippen LogP contribution >= 0.6 is 0 Å². The zero-order valence-electron chi connectivity index (χ0n) is 14.4. The van der Waals surface area contributed by atoms with E-state index in [2.05, 4.69) is 26.1 Å². The van der Waals surface area contributed by atoms with Crippen LogP contribution in [0.5, 0.6) is 0 Å². The first-order valence-corrected chi connectivity index (χ1v) is 8.47. The van der Waals surface area contributed by atoms with Crippen molar-refractivity contribution in [1.82, 2.24) is 5.32 Å². The number of hydrogen-bond acceptors (Lipinski definition) is 4. The lowest BCUT2D eigenvalue weighted by atomic mass is 9.86. The zero-order valence-corrected chi connectivity index (χ0v) is 14.4. The number of rotatable bonds is 8. The summed E-state index contributed by atoms with van der Waals surface area (Å²) in [4.78, 5) is 23.6. The molecule has 1 aliphatic rings. The average molecular weight is 313 g/mol. The molecule has 0 bridgehead atoms. The minimum atomic E-state index is -0.625. The van der Waals surface area contributed by atoms with Crippen LogP contribution in [0.15, 0.2) is 0 Å². The van der Waals surface area contributed by atoms with Crippen molar-refractivity contribution in [3.05, 3.63) is 0 Å². The Morgan fingerprint density at radius 1 is 1.18 bits per heavy atom. The second-order valence-corrected chi connectivity index (χ2v) is 6.74. The number of ether oxygens (including phenoxy) is 2. The van der Waals surface area contributed by atoms with Crippen LogP contribution in [0.2, 0.25) is 0 Å². The highest BCUT2D eigenvalue weighted by Gasteiger charge is 2.23. The van der Waals surface area contributed by atoms with E-state index in [0.717, 1.165) is 25.7 Å². The summed E-state index contributed by atoms with van der Waals surface area (Å²) in [6.45, 7) is 8.32. The maximum atomic E-state index is 11.9. The highest BCUT2D eigenvalue weighted by molar-refractivity contribution is 5.82. The molecule has 1 aliphatic carbocycles. The molecule has 0 spiro atoms. The van der Waals surface area contributed by atoms with Gasteiger partial charge in [-0.2, -0.15) is 0 Å². The van der Waals surface area contributed by atoms with E-state index in [0.29, 0.717) is 18.4 Å². The van der Waals surface area contributed by atoms with E-state index in [1.807, 2.05) is 0 Å². The summed E-state index contributed by atoms with van der Waals surface area (Å²) in [5.74, 6) is 0.329. The molecule has 0 heterocycles. The Kier molecular flexibility index (Phi) is 8.46. The van der Waals surface area contributed by atoms with Crippen LogP contribution in [-0.4, -0.2) is 37.2 Å². The summed E-state index contributed by atoms with van der Waals surface area (Å²) in [6, 6.07) is 0.208. The molecule has 0 aliphatic heterocycles. The number of nitrogens with one attached hydrogen (secondary N) is 1. The van der Waals surface area contributed by atoms with Gasteiger partial charge in [-0.25, -0.2) is 4.79 Å². The van der Waals surface area contributed by atoms with Crippen molar-refractivity contribution < 1.29 is 19.1 Å². The molecule has 0 aromatic heterocycles. The topological polar surface area (TPSA) is 64.6 Å². The third-order valence-corrected chi connectivity index (χ3v) is 4.20. The molecule has 5 heteroatoms. The lowest BCUT2D eigenvalue weighted by molar-refractivity contribution is -0.159. The Morgan fingerprint density at radius 2 is 1.86 bits per heavy atom. The molecule has 0 aromatic carbocycles. The van der Waals surface area contributed by atoms with Crippen LogP contribution in [0.1, 0.15) is 59.8 Å². The van der Waals surface area contributed by atoms with Gasteiger partial charge in [-0.1, -0.05) is 33.6 Å². The maximum absolute atomic E-state index is 11.9. The van der Waals surface area contributed by atoms with Gasteiger partial charge in [-0.05, 0) is 38.0 Å². The summed E-state index contributed by atoms with van der Waals surface area (Å²) in [5.41, 5.74) is 0. The molecule has 1 amide bonds. The van der Waals surface area contributed by atoms with Crippen molar-refractivity contribution in [3.63, 3.8) is 0 Å². The number of carbonyl (C=O) groups excluding carboxylic acids is 2. The van der Waals surface area contributed by atoms with Crippen molar-refractivity contribution in [2.75, 3.05) is 13.2 Å². The van der Waals surface area contributed by atoms with Gasteiger partial charge in [0.1, 0.15) is 0 Å². The van der Waals surface area contributed by atoms with E-state index in [1.165, 1.54) is 6.42 Å². The minimum Gasteiger partial charge on any atom is -0.454 e. The average Bonchev–Trinajstić information content (AvgIpc) is 2.46. The van der Waals surface area contributed by atoms with Crippen molar-refractivity contribution in [2.45, 2.75) is 71.9 Å². The van der Waals surface area contributed by atoms with Crippen LogP contribution in [-0.2, 0) is 19.1 Å². The maximum Gasteiger partial charge on any atom is 0.335 e. The number of esters is 1. The Labute approximate surface area is 134 Å². The standard InChI is InChI=1S/C17H31NO4/c1-12(2)9-10-21-14(4)17(20)22-11-16(19)18-15-8-6-5-7-13(15)3/h12-15H,5-11H2,1-4H3,(H,18,19). The lowest BCUT2D eigenvalue weighted by Gasteiger charge is -2.29. The first-order chi connectivity index (χ1) is 10.4. The predicted molar refractivity (Wildman–Crippen MR) is 85.4 cm³/mol. The fraction of sp³-hybridized carbons (Fsp3) is 0.882. The van der Waals surface area contributed by atoms with Gasteiger partial charge in [-0.15, -0.1) is 0 Å². The molecular formula is C17H31NO4. The molecule has 1 fully saturated rings. The van der Waals surface area contributed by atoms with Gasteiger partial charge >= 0.3 is 5.97 Å². The molecule has 1 rings (SSSR count). The lowest BCUT2D eigenvalue weighted by Crippen LogP contribution is -2.43. The normalized spacial score (nSPS) is 23.1. The molecule has 3 unspecified atom stereocenters. The van der Waals surface area contributed by atoms with E-state index in [4.69, 9.17) is 9.47 Å². The summed E-state index contributed by atoms with van der Waals surface area (Å²) in [7, 11) is 0. The minimum absolute atomic E-state index is 0.208. The van der Waals surface area contributed by atoms with Gasteiger partial charge in [0.25, 0.3) is 5.91 Å². The molecular weight excluding hydrogens is 282 g/mol. The molecule has 0 aromatic rings. The Hall–Kier alpha value is -1.10. The SMILES string of the molecule is CC(C)CCOC(C)C(=O)OCC(=O)NC1CCCCC1C. The summed E-state index contributed by atoms with van der Waals surface area (Å²) in [5, 5.41) is 2.96. The van der Waals surface area contributed by atoms with E-state index >= 15 is 0 Å². The van der Waals surface area contributed by atoms with Gasteiger partial charge in [0.2, 0.25) is 0 Å². The molecule has 1 N–H and O–H groups in total. The highest BCUT2D eigenvalue weighted by atomic mass is 16.6. The van der Waals surface area contributed by atoms with Crippen molar-refractivity contribution in [2.24, 2.45) is 11.8 Å². The van der Waals surface area contributed by atoms with Crippen LogP contribution in [0.4, 0.5) is 0 Å². The van der Waals surface area contributed by atoms with Gasteiger partial charge in [0.05, 0.1) is 0 Å². The van der Waals surface area contributed by atoms with Crippen LogP contribution in [0.3, 0.4) is 0 Å². The smallest absolute Gasteiger partial charge is 0.335 e. The quantitative estimate of drug-likeness (QED) is 0.700. The van der Waals surface area contributed by atoms with Crippen LogP contribution < -0.4 is 5.32 Å². The zero-order chi connectivity index (χ0) is 16.5. The molecule has 0 saturated heterocycles. The second kappa shape index (κ2) is 9.82. The Morgan fingerprint density at radius 3 is 2.50 bits per heavy atom. The number of carbonyl (C=O) groups is 2. The monoisotopic (exact) mass is 313 g/mol. The Bertz CT molecular complexity index is 357. The first-order valence-electron chi connectivity index (χ1n) is 8.47. The largest absolute Gasteiger partial charge is 0.454 e. The molecule has 22 heavy (non-hydrogen) atoms. The van der Waals surface area contributed by atoms with Gasteiger partial charge in [-0.3, -0.25) is 4.79 Å². The third-order valence-electron chi connectivity index (χ3n) is 4.20. The van der Waals surface area contributed by atoms with Crippen LogP contribution in [0, 0.1) is 11.8 Å². The van der Waals surface area contributed by atoms with Crippen molar-refractivity contribution >= 4 is 11.9 Å². The molecule has 128 valence electrons. The van der Waals surface area contributed by atoms with E-state index in [9.17, 15) is 9.59 Å². The van der Waals surface area contributed by atoms with E-state index in [-0.39, 0.29) is 18.6 Å². The van der Waals surface area contributed by atoms with E-state index in [1.54, 1.807) is 6.92 Å². The molecule has 1 saturated carbocycles. The summed E-state index contributed by atoms with van der Waals surface area (Å²) in [6.07, 6.45) is 4.81. The number of amides is 1. The third kappa shape index (κ3) is 7.25. The highest BCUT2D eigenvalue weighted by Crippen LogP contribution is 2.23. The fourth-order valence-electron chi connectivity index (χ4n) is 2.58. The summed E-state index contributed by atoms with van der Waals surface area (Å²) < 4.78 is 10.4. The summed E-state index contributed by atoms with van der Waals surface area (Å²) >= 11 is 0. The van der Waals surface area contributed by atoms with Gasteiger partial charge < -0.3 is 14.8 Å². The van der Waals surface area contributed by atoms with Crippen molar-refractivity contribution in [3.8, 4) is 0 Å². The number of hydrogen-bond donors (Lipinski definition) is 1. The van der Waals surface area contributed by atoms with Gasteiger partial charge in [0.15, 0.2) is 12.7 Å². The Balaban J connectivity index is 2.20. The molecule has 5 nitrogen and oxygen atoms in total. The first kappa shape index (κ1) is 18.9. The molecule has 3 atom stereocenters. The van der Waals surface area contributed by atoms with Gasteiger partial charge in [0, 0.05) is 12.6 Å². The van der Waals surface area contributed by atoms with E-state index < -0.39 is 12.1 Å². The van der Waals surface area contributed by atoms with Crippen molar-refractivity contribution in [1.29, 1.82) is 0 Å². The fourth-order valence-corrected chi connectivity index (χ4v) is 2.58. The van der Waals surface area contributed by atoms with Crippen LogP contribution in [0.25, 0.3) is 0 Å². The molecule has 0 radical (unpaired) electrons. The second-order valence-electron chi connectivity index (χ2n) is 6.74. The predicted octanol–water partition coefficient (Wildman–Crippen LogP) is 2.68.